The number of ether oxygens (including phenoxy) is 1. The Hall–Kier alpha value is -1.16. The summed E-state index contributed by atoms with van der Waals surface area (Å²) in [7, 11) is 0. The molecule has 0 amide bonds. The molecule has 2 fully saturated rings. The molecule has 1 aliphatic heterocycles. The third-order valence-corrected chi connectivity index (χ3v) is 4.57. The molecule has 4 heteroatoms. The van der Waals surface area contributed by atoms with Crippen LogP contribution in [0.15, 0.2) is 18.2 Å². The molecular weight excluding hydrogens is 260 g/mol. The first-order chi connectivity index (χ1) is 9.69. The van der Waals surface area contributed by atoms with Crippen molar-refractivity contribution in [1.82, 2.24) is 0 Å². The second-order valence-electron chi connectivity index (χ2n) is 6.02. The van der Waals surface area contributed by atoms with Gasteiger partial charge in [0.25, 0.3) is 0 Å². The molecule has 1 aliphatic carbocycles. The van der Waals surface area contributed by atoms with Crippen molar-refractivity contribution in [1.29, 1.82) is 0 Å². The van der Waals surface area contributed by atoms with Gasteiger partial charge in [-0.05, 0) is 37.8 Å². The topological polar surface area (TPSA) is 21.3 Å². The largest absolute Gasteiger partial charge is 0.377 e. The van der Waals surface area contributed by atoms with Crippen LogP contribution in [0.4, 0.5) is 14.5 Å². The molecule has 1 aromatic rings. The summed E-state index contributed by atoms with van der Waals surface area (Å²) in [6.45, 7) is 0.674. The average molecular weight is 281 g/mol. The number of para-hydroxylation sites is 1. The summed E-state index contributed by atoms with van der Waals surface area (Å²) in [5.74, 6) is -1.04. The molecule has 0 radical (unpaired) electrons. The van der Waals surface area contributed by atoms with Gasteiger partial charge in [-0.15, -0.1) is 0 Å². The summed E-state index contributed by atoms with van der Waals surface area (Å²) < 4.78 is 33.4. The molecule has 1 saturated heterocycles. The second-order valence-corrected chi connectivity index (χ2v) is 6.02. The van der Waals surface area contributed by atoms with E-state index in [0.717, 1.165) is 25.7 Å². The van der Waals surface area contributed by atoms with E-state index in [-0.39, 0.29) is 17.3 Å². The molecule has 20 heavy (non-hydrogen) atoms. The Morgan fingerprint density at radius 1 is 1.10 bits per heavy atom. The van der Waals surface area contributed by atoms with Gasteiger partial charge < -0.3 is 10.1 Å². The molecule has 0 aromatic heterocycles. The third kappa shape index (κ3) is 2.80. The molecule has 1 N–H and O–H groups in total. The van der Waals surface area contributed by atoms with Crippen LogP contribution in [0.2, 0.25) is 0 Å². The van der Waals surface area contributed by atoms with Gasteiger partial charge in [0, 0.05) is 12.6 Å². The van der Waals surface area contributed by atoms with Gasteiger partial charge >= 0.3 is 0 Å². The van der Waals surface area contributed by atoms with Gasteiger partial charge in [-0.25, -0.2) is 8.78 Å². The van der Waals surface area contributed by atoms with Gasteiger partial charge in [-0.3, -0.25) is 0 Å². The minimum absolute atomic E-state index is 0.00496. The number of benzene rings is 1. The smallest absolute Gasteiger partial charge is 0.149 e. The summed E-state index contributed by atoms with van der Waals surface area (Å²) in [5.41, 5.74) is -0.0547. The van der Waals surface area contributed by atoms with Crippen LogP contribution in [0.25, 0.3) is 0 Å². The zero-order valence-corrected chi connectivity index (χ0v) is 11.6. The Morgan fingerprint density at radius 2 is 1.80 bits per heavy atom. The monoisotopic (exact) mass is 281 g/mol. The van der Waals surface area contributed by atoms with Crippen LogP contribution in [0, 0.1) is 11.6 Å². The molecule has 3 rings (SSSR count). The van der Waals surface area contributed by atoms with Gasteiger partial charge in [0.15, 0.2) is 0 Å². The predicted molar refractivity (Wildman–Crippen MR) is 74.8 cm³/mol. The van der Waals surface area contributed by atoms with E-state index in [1.165, 1.54) is 37.5 Å². The summed E-state index contributed by atoms with van der Waals surface area (Å²) in [6.07, 6.45) is 7.46. The van der Waals surface area contributed by atoms with Crippen molar-refractivity contribution in [2.24, 2.45) is 0 Å². The zero-order chi connectivity index (χ0) is 14.0. The number of nitrogens with one attached hydrogen (secondary N) is 1. The Kier molecular flexibility index (Phi) is 3.92. The van der Waals surface area contributed by atoms with E-state index in [1.54, 1.807) is 0 Å². The summed E-state index contributed by atoms with van der Waals surface area (Å²) in [5, 5.41) is 3.06. The van der Waals surface area contributed by atoms with E-state index in [9.17, 15) is 8.78 Å². The van der Waals surface area contributed by atoms with E-state index in [4.69, 9.17) is 4.74 Å². The van der Waals surface area contributed by atoms with Gasteiger partial charge in [-0.1, -0.05) is 25.3 Å². The lowest BCUT2D eigenvalue weighted by molar-refractivity contribution is -0.103. The molecule has 2 aliphatic rings. The van der Waals surface area contributed by atoms with Gasteiger partial charge in [0.2, 0.25) is 0 Å². The molecule has 1 aromatic carbocycles. The molecule has 0 bridgehead atoms. The van der Waals surface area contributed by atoms with Crippen LogP contribution in [0.1, 0.15) is 44.9 Å². The van der Waals surface area contributed by atoms with Crippen LogP contribution in [0.5, 0.6) is 0 Å². The zero-order valence-electron chi connectivity index (χ0n) is 11.6. The fourth-order valence-electron chi connectivity index (χ4n) is 3.54. The van der Waals surface area contributed by atoms with Crippen molar-refractivity contribution in [2.45, 2.75) is 56.6 Å². The van der Waals surface area contributed by atoms with Crippen molar-refractivity contribution < 1.29 is 13.5 Å². The molecule has 1 atom stereocenters. The lowest BCUT2D eigenvalue weighted by atomic mass is 9.78. The molecule has 110 valence electrons. The Morgan fingerprint density at radius 3 is 2.50 bits per heavy atom. The molecular formula is C16H21F2NO. The lowest BCUT2D eigenvalue weighted by Gasteiger charge is -2.44. The maximum absolute atomic E-state index is 13.7. The van der Waals surface area contributed by atoms with Crippen molar-refractivity contribution in [2.75, 3.05) is 11.9 Å². The second kappa shape index (κ2) is 5.68. The third-order valence-electron chi connectivity index (χ3n) is 4.57. The maximum atomic E-state index is 13.7. The summed E-state index contributed by atoms with van der Waals surface area (Å²) >= 11 is 0. The minimum Gasteiger partial charge on any atom is -0.377 e. The Balaban J connectivity index is 1.71. The highest BCUT2D eigenvalue weighted by atomic mass is 19.1. The van der Waals surface area contributed by atoms with Crippen molar-refractivity contribution >= 4 is 5.69 Å². The number of hydrogen-bond donors (Lipinski definition) is 1. The highest BCUT2D eigenvalue weighted by molar-refractivity contribution is 5.47. The van der Waals surface area contributed by atoms with Gasteiger partial charge in [0.1, 0.15) is 17.3 Å². The first-order valence-electron chi connectivity index (χ1n) is 7.53. The van der Waals surface area contributed by atoms with E-state index >= 15 is 0 Å². The number of halogens is 2. The minimum atomic E-state index is -0.519. The molecule has 1 saturated carbocycles. The SMILES string of the molecule is Fc1cccc(F)c1NC1CCOC2(CCCCC2)C1. The normalized spacial score (nSPS) is 25.6. The Labute approximate surface area is 118 Å². The standard InChI is InChI=1S/C16H21F2NO/c17-13-5-4-6-14(18)15(13)19-12-7-10-20-16(11-12)8-2-1-3-9-16/h4-6,12,19H,1-3,7-11H2. The lowest BCUT2D eigenvalue weighted by Crippen LogP contribution is -2.45. The maximum Gasteiger partial charge on any atom is 0.149 e. The van der Waals surface area contributed by atoms with Crippen molar-refractivity contribution in [3.8, 4) is 0 Å². The van der Waals surface area contributed by atoms with Crippen LogP contribution in [-0.2, 0) is 4.74 Å². The summed E-state index contributed by atoms with van der Waals surface area (Å²) in [6, 6.07) is 4.07. The van der Waals surface area contributed by atoms with Crippen molar-refractivity contribution in [3.63, 3.8) is 0 Å². The van der Waals surface area contributed by atoms with E-state index in [0.29, 0.717) is 6.61 Å². The highest BCUT2D eigenvalue weighted by Gasteiger charge is 2.38. The van der Waals surface area contributed by atoms with Gasteiger partial charge in [-0.2, -0.15) is 0 Å². The quantitative estimate of drug-likeness (QED) is 0.874. The number of rotatable bonds is 2. The molecule has 1 heterocycles. The predicted octanol–water partition coefficient (Wildman–Crippen LogP) is 4.26. The average Bonchev–Trinajstić information content (AvgIpc) is 2.44. The molecule has 1 spiro atoms. The Bertz CT molecular complexity index is 446. The number of anilines is 1. The van der Waals surface area contributed by atoms with E-state index in [1.807, 2.05) is 0 Å². The van der Waals surface area contributed by atoms with Crippen LogP contribution in [-0.4, -0.2) is 18.2 Å². The molecule has 2 nitrogen and oxygen atoms in total. The van der Waals surface area contributed by atoms with Crippen LogP contribution in [0.3, 0.4) is 0 Å². The fourth-order valence-corrected chi connectivity index (χ4v) is 3.54. The van der Waals surface area contributed by atoms with Crippen LogP contribution < -0.4 is 5.32 Å². The first kappa shape index (κ1) is 13.8. The number of hydrogen-bond acceptors (Lipinski definition) is 2. The molecule has 1 unspecified atom stereocenters. The van der Waals surface area contributed by atoms with Crippen molar-refractivity contribution in [3.05, 3.63) is 29.8 Å². The van der Waals surface area contributed by atoms with E-state index in [2.05, 4.69) is 5.32 Å². The van der Waals surface area contributed by atoms with E-state index < -0.39 is 11.6 Å². The van der Waals surface area contributed by atoms with Crippen LogP contribution >= 0.6 is 0 Å². The first-order valence-corrected chi connectivity index (χ1v) is 7.53. The fraction of sp³-hybridized carbons (Fsp3) is 0.625. The highest BCUT2D eigenvalue weighted by Crippen LogP contribution is 2.39. The van der Waals surface area contributed by atoms with Gasteiger partial charge in [0.05, 0.1) is 5.60 Å². The summed E-state index contributed by atoms with van der Waals surface area (Å²) in [4.78, 5) is 0.